The van der Waals surface area contributed by atoms with Crippen molar-refractivity contribution in [1.29, 1.82) is 0 Å². The molecule has 0 bridgehead atoms. The summed E-state index contributed by atoms with van der Waals surface area (Å²) in [4.78, 5) is 28.4. The zero-order chi connectivity index (χ0) is 25.2. The molecule has 3 heterocycles. The lowest BCUT2D eigenvalue weighted by Gasteiger charge is -2.19. The van der Waals surface area contributed by atoms with Crippen LogP contribution in [-0.4, -0.2) is 28.9 Å². The van der Waals surface area contributed by atoms with Crippen molar-refractivity contribution in [1.82, 2.24) is 10.3 Å². The van der Waals surface area contributed by atoms with Gasteiger partial charge in [-0.2, -0.15) is 13.2 Å². The van der Waals surface area contributed by atoms with Gasteiger partial charge in [-0.25, -0.2) is 9.37 Å². The predicted octanol–water partition coefficient (Wildman–Crippen LogP) is 4.57. The second-order valence-electron chi connectivity index (χ2n) is 8.79. The van der Waals surface area contributed by atoms with Crippen LogP contribution in [0.5, 0.6) is 17.2 Å². The molecule has 2 amide bonds. The van der Waals surface area contributed by atoms with Gasteiger partial charge < -0.3 is 20.1 Å². The number of alkyl halides is 3. The quantitative estimate of drug-likeness (QED) is 0.514. The molecule has 3 aliphatic rings. The normalized spacial score (nSPS) is 21.4. The van der Waals surface area contributed by atoms with Crippen molar-refractivity contribution in [2.45, 2.75) is 37.1 Å². The van der Waals surface area contributed by atoms with Crippen LogP contribution in [0.4, 0.5) is 23.4 Å². The van der Waals surface area contributed by atoms with Gasteiger partial charge in [0.1, 0.15) is 35.0 Å². The first-order chi connectivity index (χ1) is 17.2. The molecule has 1 saturated carbocycles. The van der Waals surface area contributed by atoms with Gasteiger partial charge in [0.25, 0.3) is 5.91 Å². The van der Waals surface area contributed by atoms with Crippen LogP contribution < -0.4 is 20.1 Å². The van der Waals surface area contributed by atoms with E-state index in [1.165, 1.54) is 0 Å². The number of carbonyl (C=O) groups excluding carboxylic acids is 2. The summed E-state index contributed by atoms with van der Waals surface area (Å²) in [6.45, 7) is 0. The summed E-state index contributed by atoms with van der Waals surface area (Å²) in [5.74, 6) is -0.250. The second-order valence-corrected chi connectivity index (χ2v) is 8.79. The lowest BCUT2D eigenvalue weighted by Crippen LogP contribution is -2.30. The molecular weight excluding hydrogens is 482 g/mol. The highest BCUT2D eigenvalue weighted by Crippen LogP contribution is 2.54. The maximum atomic E-state index is 13.9. The molecule has 1 aliphatic carbocycles. The van der Waals surface area contributed by atoms with Crippen molar-refractivity contribution in [2.24, 2.45) is 0 Å². The Kier molecular flexibility index (Phi) is 4.92. The Morgan fingerprint density at radius 2 is 1.97 bits per heavy atom. The Balaban J connectivity index is 1.17. The fraction of sp³-hybridized carbons (Fsp3) is 0.240. The lowest BCUT2D eigenvalue weighted by molar-refractivity contribution is -0.140. The smallest absolute Gasteiger partial charge is 0.419 e. The van der Waals surface area contributed by atoms with E-state index in [1.54, 1.807) is 30.5 Å². The van der Waals surface area contributed by atoms with Crippen LogP contribution >= 0.6 is 0 Å². The molecule has 1 aromatic heterocycles. The molecule has 7 nitrogen and oxygen atoms in total. The third-order valence-corrected chi connectivity index (χ3v) is 6.49. The summed E-state index contributed by atoms with van der Waals surface area (Å²) in [7, 11) is 0. The highest BCUT2D eigenvalue weighted by molar-refractivity contribution is 5.95. The topological polar surface area (TPSA) is 89.5 Å². The fourth-order valence-corrected chi connectivity index (χ4v) is 4.68. The number of amides is 2. The van der Waals surface area contributed by atoms with Crippen LogP contribution in [0.2, 0.25) is 0 Å². The molecule has 1 fully saturated rings. The van der Waals surface area contributed by atoms with E-state index in [9.17, 15) is 27.2 Å². The van der Waals surface area contributed by atoms with E-state index >= 15 is 0 Å². The minimum Gasteiger partial charge on any atom is -0.487 e. The summed E-state index contributed by atoms with van der Waals surface area (Å²) in [5.41, 5.74) is -0.0213. The van der Waals surface area contributed by atoms with E-state index in [2.05, 4.69) is 15.6 Å². The van der Waals surface area contributed by atoms with E-state index in [4.69, 9.17) is 9.47 Å². The molecule has 0 saturated heterocycles. The fourth-order valence-electron chi connectivity index (χ4n) is 4.68. The first-order valence-corrected chi connectivity index (χ1v) is 11.1. The van der Waals surface area contributed by atoms with E-state index < -0.39 is 29.5 Å². The molecule has 3 atom stereocenters. The van der Waals surface area contributed by atoms with Gasteiger partial charge in [-0.3, -0.25) is 9.59 Å². The van der Waals surface area contributed by atoms with Crippen LogP contribution in [0.1, 0.15) is 39.4 Å². The number of ether oxygens (including phenoxy) is 2. The van der Waals surface area contributed by atoms with Crippen LogP contribution in [0.3, 0.4) is 0 Å². The number of nitrogens with one attached hydrogen (secondary N) is 2. The van der Waals surface area contributed by atoms with Crippen molar-refractivity contribution < 1.29 is 36.6 Å². The first kappa shape index (κ1) is 22.3. The predicted molar refractivity (Wildman–Crippen MR) is 118 cm³/mol. The van der Waals surface area contributed by atoms with Crippen molar-refractivity contribution in [3.63, 3.8) is 0 Å². The molecule has 184 valence electrons. The number of benzene rings is 2. The van der Waals surface area contributed by atoms with Gasteiger partial charge in [0.05, 0.1) is 17.5 Å². The number of nitrogens with zero attached hydrogens (tertiary/aromatic N) is 1. The Bertz CT molecular complexity index is 1420. The summed E-state index contributed by atoms with van der Waals surface area (Å²) in [5, 5.41) is 5.43. The highest BCUT2D eigenvalue weighted by atomic mass is 19.4. The molecule has 36 heavy (non-hydrogen) atoms. The zero-order valence-electron chi connectivity index (χ0n) is 18.4. The highest BCUT2D eigenvalue weighted by Gasteiger charge is 2.59. The average molecular weight is 499 g/mol. The van der Waals surface area contributed by atoms with Crippen LogP contribution in [0, 0.1) is 5.82 Å². The number of aromatic nitrogens is 1. The molecular formula is C25H17F4N3O4. The average Bonchev–Trinajstić information content (AvgIpc) is 3.34. The van der Waals surface area contributed by atoms with Gasteiger partial charge in [0.2, 0.25) is 5.91 Å². The Morgan fingerprint density at radius 1 is 1.14 bits per heavy atom. The minimum absolute atomic E-state index is 0.103. The largest absolute Gasteiger partial charge is 0.487 e. The van der Waals surface area contributed by atoms with Crippen molar-refractivity contribution in [2.75, 3.05) is 5.32 Å². The van der Waals surface area contributed by atoms with Crippen molar-refractivity contribution in [3.05, 3.63) is 76.7 Å². The van der Waals surface area contributed by atoms with Gasteiger partial charge >= 0.3 is 6.18 Å². The van der Waals surface area contributed by atoms with Gasteiger partial charge in [-0.05, 0) is 48.9 Å². The second kappa shape index (κ2) is 7.94. The van der Waals surface area contributed by atoms with Crippen LogP contribution in [-0.2, 0) is 17.4 Å². The third-order valence-electron chi connectivity index (χ3n) is 6.49. The summed E-state index contributed by atoms with van der Waals surface area (Å²) < 4.78 is 64.2. The number of hydrogen-bond acceptors (Lipinski definition) is 5. The monoisotopic (exact) mass is 499 g/mol. The summed E-state index contributed by atoms with van der Waals surface area (Å²) in [6.07, 6.45) is -2.79. The van der Waals surface area contributed by atoms with Gasteiger partial charge in [-0.1, -0.05) is 0 Å². The molecule has 2 aliphatic heterocycles. The number of anilines is 1. The lowest BCUT2D eigenvalue weighted by atomic mass is 10.1. The van der Waals surface area contributed by atoms with Gasteiger partial charge in [0.15, 0.2) is 0 Å². The number of halogens is 4. The summed E-state index contributed by atoms with van der Waals surface area (Å²) >= 11 is 0. The van der Waals surface area contributed by atoms with Crippen molar-refractivity contribution in [3.8, 4) is 17.2 Å². The minimum atomic E-state index is -4.84. The Hall–Kier alpha value is -4.15. The number of fused-ring (bicyclic) bond motifs is 4. The summed E-state index contributed by atoms with van der Waals surface area (Å²) in [6, 6.07) is 8.69. The molecule has 3 aromatic rings. The van der Waals surface area contributed by atoms with Crippen LogP contribution in [0.25, 0.3) is 0 Å². The standard InChI is InChI=1S/C25H17F4N3O4/c26-16-9-11(1-4-15(16)25(27,28)29)24(34)32-21-20-14-10-12(2-5-17(14)36-22(20)21)35-18-7-8-30-23-13(18)3-6-19(33)31-23/h1-2,4-5,7-10,20-22H,3,6H2,(H,32,34)(H,30,31,33)/t20-,21+,22-/m0/s1. The van der Waals surface area contributed by atoms with Gasteiger partial charge in [-0.15, -0.1) is 0 Å². The molecule has 2 N–H and O–H groups in total. The first-order valence-electron chi connectivity index (χ1n) is 11.1. The molecule has 2 aromatic carbocycles. The number of carbonyl (C=O) groups is 2. The van der Waals surface area contributed by atoms with E-state index in [1.807, 2.05) is 0 Å². The molecule has 6 rings (SSSR count). The SMILES string of the molecule is O=C1CCc2c(Oc3ccc4c(c3)[C@H]3[C@@H](NC(=O)c5ccc(C(F)(F)F)c(F)c5)[C@H]3O4)ccnc2N1. The Morgan fingerprint density at radius 3 is 2.75 bits per heavy atom. The molecule has 0 spiro atoms. The molecule has 0 radical (unpaired) electrons. The maximum Gasteiger partial charge on any atom is 0.419 e. The Labute approximate surface area is 201 Å². The third kappa shape index (κ3) is 3.80. The number of pyridine rings is 1. The maximum absolute atomic E-state index is 13.9. The molecule has 0 unspecified atom stereocenters. The van der Waals surface area contributed by atoms with E-state index in [0.29, 0.717) is 48.0 Å². The number of rotatable bonds is 4. The van der Waals surface area contributed by atoms with E-state index in [-0.39, 0.29) is 23.5 Å². The van der Waals surface area contributed by atoms with Gasteiger partial charge in [0, 0.05) is 29.3 Å². The number of hydrogen-bond donors (Lipinski definition) is 2. The zero-order valence-corrected chi connectivity index (χ0v) is 18.4. The van der Waals surface area contributed by atoms with Crippen LogP contribution in [0.15, 0.2) is 48.7 Å². The van der Waals surface area contributed by atoms with E-state index in [0.717, 1.165) is 17.2 Å². The van der Waals surface area contributed by atoms with Crippen molar-refractivity contribution >= 4 is 17.6 Å². The molecule has 11 heteroatoms.